The largest absolute Gasteiger partial charge is 0.406 e. The number of amides is 2. The molecule has 0 spiro atoms. The van der Waals surface area contributed by atoms with E-state index in [0.29, 0.717) is 18.8 Å². The average Bonchev–Trinajstić information content (AvgIpc) is 2.96. The summed E-state index contributed by atoms with van der Waals surface area (Å²) >= 11 is 0. The van der Waals surface area contributed by atoms with Gasteiger partial charge in [0.1, 0.15) is 12.4 Å². The molecule has 2 heterocycles. The van der Waals surface area contributed by atoms with Crippen molar-refractivity contribution in [3.8, 4) is 0 Å². The van der Waals surface area contributed by atoms with E-state index in [-0.39, 0.29) is 6.04 Å². The second-order valence-corrected chi connectivity index (χ2v) is 6.10. The van der Waals surface area contributed by atoms with E-state index in [0.717, 1.165) is 28.8 Å². The molecular weight excluding hydrogens is 321 g/mol. The highest BCUT2D eigenvalue weighted by Crippen LogP contribution is 2.31. The molecule has 5 nitrogen and oxygen atoms in total. The van der Waals surface area contributed by atoms with Crippen molar-refractivity contribution in [3.05, 3.63) is 30.1 Å². The number of benzene rings is 1. The molecule has 1 aromatic heterocycles. The lowest BCUT2D eigenvalue weighted by Crippen LogP contribution is -2.48. The first-order valence-corrected chi connectivity index (χ1v) is 7.88. The number of piperidine rings is 1. The predicted octanol–water partition coefficient (Wildman–Crippen LogP) is 3.70. The number of aromatic nitrogens is 2. The van der Waals surface area contributed by atoms with Crippen LogP contribution in [0.1, 0.15) is 31.1 Å². The number of likely N-dealkylation sites (tertiary alicyclic amines) is 1. The van der Waals surface area contributed by atoms with Gasteiger partial charge in [-0.1, -0.05) is 12.1 Å². The van der Waals surface area contributed by atoms with Crippen LogP contribution >= 0.6 is 0 Å². The summed E-state index contributed by atoms with van der Waals surface area (Å²) in [6, 6.07) is 6.56. The Balaban J connectivity index is 1.84. The van der Waals surface area contributed by atoms with E-state index in [2.05, 4.69) is 9.97 Å². The van der Waals surface area contributed by atoms with Gasteiger partial charge in [0.25, 0.3) is 0 Å². The van der Waals surface area contributed by atoms with Gasteiger partial charge >= 0.3 is 12.2 Å². The van der Waals surface area contributed by atoms with Crippen LogP contribution in [-0.2, 0) is 0 Å². The first-order valence-electron chi connectivity index (χ1n) is 7.88. The zero-order chi connectivity index (χ0) is 17.3. The summed E-state index contributed by atoms with van der Waals surface area (Å²) in [5, 5.41) is 0. The summed E-state index contributed by atoms with van der Waals surface area (Å²) < 4.78 is 37.7. The average molecular weight is 340 g/mol. The zero-order valence-electron chi connectivity index (χ0n) is 13.3. The molecule has 1 aromatic carbocycles. The molecule has 1 saturated heterocycles. The number of carbonyl (C=O) groups is 1. The van der Waals surface area contributed by atoms with Gasteiger partial charge in [0, 0.05) is 13.6 Å². The standard InChI is InChI=1S/C16H19F3N4O/c1-22(10-16(17,18)19)15(24)23-9-5-4-8-13(23)14-20-11-6-2-3-7-12(11)21-14/h2-3,6-7,13H,4-5,8-10H2,1H3,(H,20,21). The van der Waals surface area contributed by atoms with Crippen molar-refractivity contribution in [2.24, 2.45) is 0 Å². The van der Waals surface area contributed by atoms with Crippen molar-refractivity contribution in [2.75, 3.05) is 20.1 Å². The molecule has 1 aliphatic heterocycles. The molecule has 1 unspecified atom stereocenters. The lowest BCUT2D eigenvalue weighted by atomic mass is 10.0. The van der Waals surface area contributed by atoms with Crippen molar-refractivity contribution in [3.63, 3.8) is 0 Å². The van der Waals surface area contributed by atoms with E-state index >= 15 is 0 Å². The SMILES string of the molecule is CN(CC(F)(F)F)C(=O)N1CCCCC1c1nc2ccccc2[nH]1. The summed E-state index contributed by atoms with van der Waals surface area (Å²) in [6.07, 6.45) is -2.03. The van der Waals surface area contributed by atoms with Gasteiger partial charge in [0.15, 0.2) is 0 Å². The molecule has 2 aromatic rings. The fraction of sp³-hybridized carbons (Fsp3) is 0.500. The fourth-order valence-corrected chi connectivity index (χ4v) is 3.13. The number of carbonyl (C=O) groups excluding carboxylic acids is 1. The van der Waals surface area contributed by atoms with Gasteiger partial charge in [0.2, 0.25) is 0 Å². The van der Waals surface area contributed by atoms with Crippen LogP contribution < -0.4 is 0 Å². The maximum atomic E-state index is 12.6. The maximum absolute atomic E-state index is 12.6. The van der Waals surface area contributed by atoms with Crippen molar-refractivity contribution < 1.29 is 18.0 Å². The topological polar surface area (TPSA) is 52.2 Å². The summed E-state index contributed by atoms with van der Waals surface area (Å²) in [7, 11) is 1.18. The number of hydrogen-bond acceptors (Lipinski definition) is 2. The van der Waals surface area contributed by atoms with Crippen LogP contribution in [0.2, 0.25) is 0 Å². The number of aromatic amines is 1. The molecule has 130 valence electrons. The first kappa shape index (κ1) is 16.6. The molecule has 24 heavy (non-hydrogen) atoms. The Morgan fingerprint density at radius 1 is 1.38 bits per heavy atom. The highest BCUT2D eigenvalue weighted by molar-refractivity contribution is 5.76. The summed E-state index contributed by atoms with van der Waals surface area (Å²) in [5.41, 5.74) is 1.64. The number of nitrogens with one attached hydrogen (secondary N) is 1. The lowest BCUT2D eigenvalue weighted by Gasteiger charge is -2.37. The van der Waals surface area contributed by atoms with Gasteiger partial charge in [-0.25, -0.2) is 9.78 Å². The second-order valence-electron chi connectivity index (χ2n) is 6.10. The third-order valence-corrected chi connectivity index (χ3v) is 4.21. The Kier molecular flexibility index (Phi) is 4.38. The molecule has 0 radical (unpaired) electrons. The van der Waals surface area contributed by atoms with Crippen LogP contribution in [0, 0.1) is 0 Å². The summed E-state index contributed by atoms with van der Waals surface area (Å²) in [4.78, 5) is 22.4. The number of para-hydroxylation sites is 2. The number of alkyl halides is 3. The van der Waals surface area contributed by atoms with Crippen molar-refractivity contribution >= 4 is 17.1 Å². The minimum atomic E-state index is -4.41. The quantitative estimate of drug-likeness (QED) is 0.906. The Hall–Kier alpha value is -2.25. The van der Waals surface area contributed by atoms with Gasteiger partial charge in [-0.3, -0.25) is 0 Å². The number of fused-ring (bicyclic) bond motifs is 1. The van der Waals surface area contributed by atoms with E-state index in [1.54, 1.807) is 0 Å². The summed E-state index contributed by atoms with van der Waals surface area (Å²) in [6.45, 7) is -0.822. The van der Waals surface area contributed by atoms with Crippen molar-refractivity contribution in [1.82, 2.24) is 19.8 Å². The van der Waals surface area contributed by atoms with Gasteiger partial charge in [-0.15, -0.1) is 0 Å². The van der Waals surface area contributed by atoms with Crippen LogP contribution in [0.25, 0.3) is 11.0 Å². The van der Waals surface area contributed by atoms with Gasteiger partial charge in [-0.05, 0) is 31.4 Å². The molecule has 2 amide bonds. The highest BCUT2D eigenvalue weighted by Gasteiger charge is 2.36. The normalized spacial score (nSPS) is 18.8. The zero-order valence-corrected chi connectivity index (χ0v) is 13.3. The van der Waals surface area contributed by atoms with Crippen LogP contribution in [0.15, 0.2) is 24.3 Å². The van der Waals surface area contributed by atoms with Gasteiger partial charge in [0.05, 0.1) is 17.1 Å². The Morgan fingerprint density at radius 2 is 2.12 bits per heavy atom. The molecule has 0 bridgehead atoms. The number of halogens is 3. The maximum Gasteiger partial charge on any atom is 0.406 e. The molecule has 3 rings (SSSR count). The third-order valence-electron chi connectivity index (χ3n) is 4.21. The van der Waals surface area contributed by atoms with Crippen LogP contribution in [-0.4, -0.2) is 52.1 Å². The second kappa shape index (κ2) is 6.33. The lowest BCUT2D eigenvalue weighted by molar-refractivity contribution is -0.139. The van der Waals surface area contributed by atoms with Crippen molar-refractivity contribution in [2.45, 2.75) is 31.5 Å². The smallest absolute Gasteiger partial charge is 0.340 e. The third kappa shape index (κ3) is 3.47. The van der Waals surface area contributed by atoms with Gasteiger partial charge in [-0.2, -0.15) is 13.2 Å². The molecule has 1 aliphatic rings. The molecule has 0 aliphatic carbocycles. The number of nitrogens with zero attached hydrogens (tertiary/aromatic N) is 3. The number of imidazole rings is 1. The summed E-state index contributed by atoms with van der Waals surface area (Å²) in [5.74, 6) is 0.629. The monoisotopic (exact) mass is 340 g/mol. The molecule has 8 heteroatoms. The number of H-pyrrole nitrogens is 1. The van der Waals surface area contributed by atoms with E-state index in [4.69, 9.17) is 0 Å². The highest BCUT2D eigenvalue weighted by atomic mass is 19.4. The number of rotatable bonds is 2. The van der Waals surface area contributed by atoms with Crippen LogP contribution in [0.4, 0.5) is 18.0 Å². The fourth-order valence-electron chi connectivity index (χ4n) is 3.13. The molecule has 0 saturated carbocycles. The van der Waals surface area contributed by atoms with Crippen molar-refractivity contribution in [1.29, 1.82) is 0 Å². The van der Waals surface area contributed by atoms with E-state index < -0.39 is 18.8 Å². The van der Waals surface area contributed by atoms with E-state index in [1.165, 1.54) is 11.9 Å². The van der Waals surface area contributed by atoms with Gasteiger partial charge < -0.3 is 14.8 Å². The Bertz CT molecular complexity index is 694. The van der Waals surface area contributed by atoms with E-state index in [9.17, 15) is 18.0 Å². The minimum Gasteiger partial charge on any atom is -0.340 e. The molecule has 1 fully saturated rings. The molecule has 1 N–H and O–H groups in total. The molecular formula is C16H19F3N4O. The minimum absolute atomic E-state index is 0.325. The Labute approximate surface area is 137 Å². The van der Waals surface area contributed by atoms with E-state index in [1.807, 2.05) is 24.3 Å². The first-order chi connectivity index (χ1) is 11.3. The molecule has 1 atom stereocenters. The number of urea groups is 1. The Morgan fingerprint density at radius 3 is 2.83 bits per heavy atom. The predicted molar refractivity (Wildman–Crippen MR) is 83.5 cm³/mol. The van der Waals surface area contributed by atoms with Crippen LogP contribution in [0.3, 0.4) is 0 Å². The number of hydrogen-bond donors (Lipinski definition) is 1. The van der Waals surface area contributed by atoms with Crippen LogP contribution in [0.5, 0.6) is 0 Å².